The van der Waals surface area contributed by atoms with E-state index in [9.17, 15) is 0 Å². The molecular weight excluding hydrogens is 322 g/mol. The number of aryl methyl sites for hydroxylation is 1. The molecule has 140 valence electrons. The summed E-state index contributed by atoms with van der Waals surface area (Å²) in [6, 6.07) is 6.39. The van der Waals surface area contributed by atoms with E-state index in [1.54, 1.807) is 6.08 Å². The first kappa shape index (κ1) is 19.9. The summed E-state index contributed by atoms with van der Waals surface area (Å²) in [5, 5.41) is 3.65. The highest BCUT2D eigenvalue weighted by Gasteiger charge is 2.16. The van der Waals surface area contributed by atoms with Gasteiger partial charge in [0.25, 0.3) is 0 Å². The van der Waals surface area contributed by atoms with Gasteiger partial charge in [-0.15, -0.1) is 0 Å². The normalized spacial score (nSPS) is 12.7. The second-order valence-electron chi connectivity index (χ2n) is 6.75. The molecule has 2 aromatic heterocycles. The molecule has 0 aliphatic rings. The van der Waals surface area contributed by atoms with Crippen LogP contribution < -0.4 is 5.32 Å². The van der Waals surface area contributed by atoms with Crippen LogP contribution in [0.15, 0.2) is 43.1 Å². The van der Waals surface area contributed by atoms with Gasteiger partial charge in [-0.3, -0.25) is 4.98 Å². The van der Waals surface area contributed by atoms with Crippen LogP contribution >= 0.6 is 0 Å². The van der Waals surface area contributed by atoms with Gasteiger partial charge in [-0.2, -0.15) is 0 Å². The van der Waals surface area contributed by atoms with Crippen molar-refractivity contribution in [1.29, 1.82) is 0 Å². The van der Waals surface area contributed by atoms with Gasteiger partial charge in [-0.25, -0.2) is 4.98 Å². The minimum atomic E-state index is 0.387. The van der Waals surface area contributed by atoms with Gasteiger partial charge in [0.15, 0.2) is 0 Å². The summed E-state index contributed by atoms with van der Waals surface area (Å²) in [6.07, 6.45) is 9.77. The maximum Gasteiger partial charge on any atom is 0.204 e. The fourth-order valence-corrected chi connectivity index (χ4v) is 2.85. The van der Waals surface area contributed by atoms with Crippen LogP contribution in [0.5, 0.6) is 0 Å². The standard InChI is InChI=1S/C21H31N5/c1-6-8-12-20-17(3)23-21(24-18(7-2)13-15-25(4)5)26(20)16-19-11-9-10-14-22-19/h6,8-12,14,18H,1,7,13,15-16H2,2-5H3,(H,23,24)/b12-8-. The van der Waals surface area contributed by atoms with Gasteiger partial charge in [0.2, 0.25) is 5.95 Å². The average Bonchev–Trinajstić information content (AvgIpc) is 2.92. The molecule has 0 saturated heterocycles. The Morgan fingerprint density at radius 3 is 2.77 bits per heavy atom. The van der Waals surface area contributed by atoms with E-state index < -0.39 is 0 Å². The first-order valence-electron chi connectivity index (χ1n) is 9.22. The van der Waals surface area contributed by atoms with Gasteiger partial charge >= 0.3 is 0 Å². The molecule has 0 amide bonds. The Morgan fingerprint density at radius 1 is 1.35 bits per heavy atom. The Hall–Kier alpha value is -2.40. The number of nitrogens with one attached hydrogen (secondary N) is 1. The SMILES string of the molecule is C=C/C=C\c1c(C)nc(NC(CC)CCN(C)C)n1Cc1ccccn1. The quantitative estimate of drug-likeness (QED) is 0.656. The third-order valence-corrected chi connectivity index (χ3v) is 4.38. The van der Waals surface area contributed by atoms with Gasteiger partial charge in [-0.05, 0) is 58.6 Å². The minimum Gasteiger partial charge on any atom is -0.353 e. The monoisotopic (exact) mass is 353 g/mol. The van der Waals surface area contributed by atoms with E-state index in [1.165, 1.54) is 0 Å². The number of anilines is 1. The summed E-state index contributed by atoms with van der Waals surface area (Å²) in [4.78, 5) is 11.5. The lowest BCUT2D eigenvalue weighted by atomic mass is 10.1. The van der Waals surface area contributed by atoms with Crippen molar-refractivity contribution in [3.63, 3.8) is 0 Å². The van der Waals surface area contributed by atoms with Crippen molar-refractivity contribution >= 4 is 12.0 Å². The molecule has 1 unspecified atom stereocenters. The van der Waals surface area contributed by atoms with Crippen LogP contribution in [0.2, 0.25) is 0 Å². The van der Waals surface area contributed by atoms with Crippen LogP contribution in [0.3, 0.4) is 0 Å². The zero-order valence-electron chi connectivity index (χ0n) is 16.4. The Kier molecular flexibility index (Phi) is 7.60. The van der Waals surface area contributed by atoms with E-state index in [4.69, 9.17) is 4.98 Å². The van der Waals surface area contributed by atoms with Crippen LogP contribution in [0.25, 0.3) is 6.08 Å². The van der Waals surface area contributed by atoms with Gasteiger partial charge in [0, 0.05) is 12.2 Å². The second-order valence-corrected chi connectivity index (χ2v) is 6.75. The summed E-state index contributed by atoms with van der Waals surface area (Å²) >= 11 is 0. The molecule has 0 saturated carbocycles. The maximum absolute atomic E-state index is 4.80. The van der Waals surface area contributed by atoms with E-state index in [0.29, 0.717) is 12.6 Å². The molecule has 5 heteroatoms. The predicted octanol–water partition coefficient (Wildman–Crippen LogP) is 3.98. The molecule has 0 spiro atoms. The topological polar surface area (TPSA) is 46.0 Å². The van der Waals surface area contributed by atoms with Gasteiger partial charge in [-0.1, -0.05) is 31.7 Å². The first-order valence-corrected chi connectivity index (χ1v) is 9.22. The Labute approximate surface area is 157 Å². The number of aromatic nitrogens is 3. The molecule has 2 heterocycles. The molecule has 0 radical (unpaired) electrons. The molecule has 0 bridgehead atoms. The van der Waals surface area contributed by atoms with E-state index in [-0.39, 0.29) is 0 Å². The molecule has 2 aromatic rings. The van der Waals surface area contributed by atoms with Crippen LogP contribution in [0.1, 0.15) is 36.8 Å². The van der Waals surface area contributed by atoms with Crippen molar-refractivity contribution in [2.75, 3.05) is 26.0 Å². The van der Waals surface area contributed by atoms with Gasteiger partial charge < -0.3 is 14.8 Å². The smallest absolute Gasteiger partial charge is 0.204 e. The number of imidazole rings is 1. The summed E-state index contributed by atoms with van der Waals surface area (Å²) in [5.74, 6) is 0.905. The summed E-state index contributed by atoms with van der Waals surface area (Å²) < 4.78 is 2.20. The fraction of sp³-hybridized carbons (Fsp3) is 0.429. The van der Waals surface area contributed by atoms with Crippen molar-refractivity contribution in [2.45, 2.75) is 39.3 Å². The third kappa shape index (κ3) is 5.56. The van der Waals surface area contributed by atoms with E-state index in [1.807, 2.05) is 37.4 Å². The number of rotatable bonds is 10. The highest BCUT2D eigenvalue weighted by Crippen LogP contribution is 2.21. The third-order valence-electron chi connectivity index (χ3n) is 4.38. The Bertz CT molecular complexity index is 716. The average molecular weight is 354 g/mol. The maximum atomic E-state index is 4.80. The molecule has 1 atom stereocenters. The van der Waals surface area contributed by atoms with Crippen molar-refractivity contribution < 1.29 is 0 Å². The molecule has 0 aliphatic heterocycles. The molecular formula is C21H31N5. The van der Waals surface area contributed by atoms with E-state index >= 15 is 0 Å². The molecule has 2 rings (SSSR count). The number of nitrogens with zero attached hydrogens (tertiary/aromatic N) is 4. The lowest BCUT2D eigenvalue weighted by Gasteiger charge is -2.21. The summed E-state index contributed by atoms with van der Waals surface area (Å²) in [6.45, 7) is 9.77. The molecule has 5 nitrogen and oxygen atoms in total. The summed E-state index contributed by atoms with van der Waals surface area (Å²) in [5.41, 5.74) is 3.10. The van der Waals surface area contributed by atoms with Crippen LogP contribution in [-0.2, 0) is 6.54 Å². The first-order chi connectivity index (χ1) is 12.5. The molecule has 0 fully saturated rings. The zero-order chi connectivity index (χ0) is 18.9. The van der Waals surface area contributed by atoms with Crippen molar-refractivity contribution in [2.24, 2.45) is 0 Å². The molecule has 26 heavy (non-hydrogen) atoms. The largest absolute Gasteiger partial charge is 0.353 e. The summed E-state index contributed by atoms with van der Waals surface area (Å²) in [7, 11) is 4.22. The lowest BCUT2D eigenvalue weighted by Crippen LogP contribution is -2.26. The molecule has 1 N–H and O–H groups in total. The minimum absolute atomic E-state index is 0.387. The number of allylic oxidation sites excluding steroid dienone is 2. The van der Waals surface area contributed by atoms with E-state index in [2.05, 4.69) is 53.4 Å². The zero-order valence-corrected chi connectivity index (χ0v) is 16.4. The Balaban J connectivity index is 2.31. The van der Waals surface area contributed by atoms with Crippen LogP contribution in [0, 0.1) is 6.92 Å². The van der Waals surface area contributed by atoms with Crippen molar-refractivity contribution in [1.82, 2.24) is 19.4 Å². The second kappa shape index (κ2) is 9.92. The van der Waals surface area contributed by atoms with Gasteiger partial charge in [0.1, 0.15) is 0 Å². The fourth-order valence-electron chi connectivity index (χ4n) is 2.85. The lowest BCUT2D eigenvalue weighted by molar-refractivity contribution is 0.383. The number of pyridine rings is 1. The van der Waals surface area contributed by atoms with E-state index in [0.717, 1.165) is 42.4 Å². The molecule has 0 aromatic carbocycles. The molecule has 0 aliphatic carbocycles. The highest BCUT2D eigenvalue weighted by molar-refractivity contribution is 5.54. The van der Waals surface area contributed by atoms with Gasteiger partial charge in [0.05, 0.1) is 23.6 Å². The van der Waals surface area contributed by atoms with Crippen LogP contribution in [0.4, 0.5) is 5.95 Å². The number of hydrogen-bond acceptors (Lipinski definition) is 4. The van der Waals surface area contributed by atoms with Crippen molar-refractivity contribution in [3.8, 4) is 0 Å². The van der Waals surface area contributed by atoms with Crippen molar-refractivity contribution in [3.05, 3.63) is 60.2 Å². The van der Waals surface area contributed by atoms with Crippen LogP contribution in [-0.4, -0.2) is 46.1 Å². The number of hydrogen-bond donors (Lipinski definition) is 1. The predicted molar refractivity (Wildman–Crippen MR) is 110 cm³/mol. The Morgan fingerprint density at radius 2 is 2.15 bits per heavy atom. The highest BCUT2D eigenvalue weighted by atomic mass is 15.2.